The molecule has 5 nitrogen and oxygen atoms in total. The van der Waals surface area contributed by atoms with Gasteiger partial charge < -0.3 is 15.0 Å². The zero-order valence-electron chi connectivity index (χ0n) is 18.9. The van der Waals surface area contributed by atoms with Crippen LogP contribution >= 0.6 is 0 Å². The number of nitrogens with zero attached hydrogens (tertiary/aromatic N) is 2. The van der Waals surface area contributed by atoms with Gasteiger partial charge in [-0.2, -0.15) is 0 Å². The number of piperazine rings is 1. The van der Waals surface area contributed by atoms with E-state index in [9.17, 15) is 4.79 Å². The van der Waals surface area contributed by atoms with Gasteiger partial charge in [-0.15, -0.1) is 0 Å². The van der Waals surface area contributed by atoms with Crippen molar-refractivity contribution >= 4 is 11.6 Å². The van der Waals surface area contributed by atoms with Crippen LogP contribution in [0.15, 0.2) is 42.5 Å². The second-order valence-electron chi connectivity index (χ2n) is 8.63. The minimum absolute atomic E-state index is 0.0593. The topological polar surface area (TPSA) is 44.8 Å². The fourth-order valence-corrected chi connectivity index (χ4v) is 4.69. The molecule has 1 fully saturated rings. The van der Waals surface area contributed by atoms with Crippen molar-refractivity contribution in [3.8, 4) is 0 Å². The Morgan fingerprint density at radius 3 is 2.52 bits per heavy atom. The molecule has 2 aliphatic heterocycles. The predicted octanol–water partition coefficient (Wildman–Crippen LogP) is 3.36. The summed E-state index contributed by atoms with van der Waals surface area (Å²) >= 11 is 0. The summed E-state index contributed by atoms with van der Waals surface area (Å²) in [6.07, 6.45) is 3.66. The molecule has 0 saturated carbocycles. The lowest BCUT2D eigenvalue weighted by molar-refractivity contribution is -0.119. The number of likely N-dealkylation sites (N-methyl/N-ethyl adjacent to an activating group) is 1. The Bertz CT molecular complexity index is 873. The fourth-order valence-electron chi connectivity index (χ4n) is 4.69. The predicted molar refractivity (Wildman–Crippen MR) is 126 cm³/mol. The van der Waals surface area contributed by atoms with Crippen molar-refractivity contribution in [1.82, 2.24) is 10.2 Å². The Morgan fingerprint density at radius 1 is 1.06 bits per heavy atom. The summed E-state index contributed by atoms with van der Waals surface area (Å²) in [6, 6.07) is 15.5. The average Bonchev–Trinajstić information content (AvgIpc) is 2.83. The normalized spacial score (nSPS) is 19.2. The quantitative estimate of drug-likeness (QED) is 0.745. The van der Waals surface area contributed by atoms with Crippen LogP contribution in [0.25, 0.3) is 0 Å². The van der Waals surface area contributed by atoms with Gasteiger partial charge in [-0.3, -0.25) is 9.69 Å². The molecule has 0 bridgehead atoms. The number of hydrogen-bond acceptors (Lipinski definition) is 4. The molecule has 1 amide bonds. The Morgan fingerprint density at radius 2 is 1.81 bits per heavy atom. The molecule has 0 aliphatic carbocycles. The monoisotopic (exact) mass is 421 g/mol. The first-order chi connectivity index (χ1) is 15.2. The smallest absolute Gasteiger partial charge is 0.224 e. The molecule has 1 saturated heterocycles. The molecule has 4 rings (SSSR count). The lowest BCUT2D eigenvalue weighted by Gasteiger charge is -2.37. The zero-order chi connectivity index (χ0) is 21.6. The van der Waals surface area contributed by atoms with Crippen LogP contribution in [0.5, 0.6) is 0 Å². The SMILES string of the molecule is CCc1ccc(N2CCN(CC[C@@H]3OCCc4cc(CC(=O)NC)ccc43)CC2)cc1. The van der Waals surface area contributed by atoms with Crippen molar-refractivity contribution in [2.24, 2.45) is 0 Å². The number of carbonyl (C=O) groups excluding carboxylic acids is 1. The first-order valence-corrected chi connectivity index (χ1v) is 11.7. The van der Waals surface area contributed by atoms with Crippen molar-refractivity contribution in [2.75, 3.05) is 51.3 Å². The van der Waals surface area contributed by atoms with E-state index in [-0.39, 0.29) is 12.0 Å². The van der Waals surface area contributed by atoms with Gasteiger partial charge in [0.05, 0.1) is 19.1 Å². The zero-order valence-corrected chi connectivity index (χ0v) is 18.9. The van der Waals surface area contributed by atoms with Gasteiger partial charge in [-0.05, 0) is 53.6 Å². The van der Waals surface area contributed by atoms with Crippen LogP contribution in [0.2, 0.25) is 0 Å². The maximum Gasteiger partial charge on any atom is 0.224 e. The van der Waals surface area contributed by atoms with Gasteiger partial charge in [0.25, 0.3) is 0 Å². The van der Waals surface area contributed by atoms with Gasteiger partial charge in [0.2, 0.25) is 5.91 Å². The van der Waals surface area contributed by atoms with E-state index >= 15 is 0 Å². The highest BCUT2D eigenvalue weighted by Gasteiger charge is 2.23. The van der Waals surface area contributed by atoms with E-state index in [0.29, 0.717) is 6.42 Å². The second kappa shape index (κ2) is 10.3. The fraction of sp³-hybridized carbons (Fsp3) is 0.500. The second-order valence-corrected chi connectivity index (χ2v) is 8.63. The van der Waals surface area contributed by atoms with Crippen LogP contribution in [0.3, 0.4) is 0 Å². The third-order valence-electron chi connectivity index (χ3n) is 6.68. The maximum atomic E-state index is 11.7. The Labute approximate surface area is 186 Å². The van der Waals surface area contributed by atoms with Crippen LogP contribution < -0.4 is 10.2 Å². The highest BCUT2D eigenvalue weighted by molar-refractivity contribution is 5.78. The van der Waals surface area contributed by atoms with Crippen molar-refractivity contribution in [1.29, 1.82) is 0 Å². The molecule has 0 radical (unpaired) electrons. The number of amides is 1. The molecule has 2 aliphatic rings. The summed E-state index contributed by atoms with van der Waals surface area (Å²) in [6.45, 7) is 8.38. The molecule has 2 heterocycles. The van der Waals surface area contributed by atoms with Gasteiger partial charge in [0.15, 0.2) is 0 Å². The van der Waals surface area contributed by atoms with Crippen molar-refractivity contribution in [2.45, 2.75) is 38.7 Å². The summed E-state index contributed by atoms with van der Waals surface area (Å²) in [4.78, 5) is 16.7. The molecule has 31 heavy (non-hydrogen) atoms. The summed E-state index contributed by atoms with van der Waals surface area (Å²) in [5.41, 5.74) is 6.48. The van der Waals surface area contributed by atoms with E-state index in [1.807, 2.05) is 0 Å². The average molecular weight is 422 g/mol. The van der Waals surface area contributed by atoms with Crippen molar-refractivity contribution in [3.05, 3.63) is 64.7 Å². The minimum Gasteiger partial charge on any atom is -0.373 e. The number of aryl methyl sites for hydroxylation is 1. The number of carbonyl (C=O) groups is 1. The third kappa shape index (κ3) is 5.46. The number of fused-ring (bicyclic) bond motifs is 1. The summed E-state index contributed by atoms with van der Waals surface area (Å²) in [7, 11) is 1.69. The Kier molecular flexibility index (Phi) is 7.25. The number of anilines is 1. The maximum absolute atomic E-state index is 11.7. The van der Waals surface area contributed by atoms with E-state index in [1.54, 1.807) is 7.05 Å². The molecule has 166 valence electrons. The Balaban J connectivity index is 1.29. The van der Waals surface area contributed by atoms with Gasteiger partial charge in [-0.1, -0.05) is 37.3 Å². The number of rotatable bonds is 7. The van der Waals surface area contributed by atoms with Crippen LogP contribution in [-0.4, -0.2) is 57.2 Å². The summed E-state index contributed by atoms with van der Waals surface area (Å²) in [5.74, 6) is 0.0593. The van der Waals surface area contributed by atoms with Crippen LogP contribution in [-0.2, 0) is 28.8 Å². The number of benzene rings is 2. The van der Waals surface area contributed by atoms with E-state index in [1.165, 1.54) is 22.4 Å². The van der Waals surface area contributed by atoms with E-state index in [4.69, 9.17) is 4.74 Å². The summed E-state index contributed by atoms with van der Waals surface area (Å²) in [5, 5.41) is 2.70. The first kappa shape index (κ1) is 21.8. The Hall–Kier alpha value is -2.37. The molecule has 5 heteroatoms. The number of hydrogen-bond donors (Lipinski definition) is 1. The molecule has 0 spiro atoms. The van der Waals surface area contributed by atoms with E-state index in [2.05, 4.69) is 64.5 Å². The first-order valence-electron chi connectivity index (χ1n) is 11.7. The molecule has 1 N–H and O–H groups in total. The highest BCUT2D eigenvalue weighted by atomic mass is 16.5. The highest BCUT2D eigenvalue weighted by Crippen LogP contribution is 2.31. The van der Waals surface area contributed by atoms with E-state index in [0.717, 1.165) is 64.2 Å². The molecular formula is C26H35N3O2. The molecule has 0 unspecified atom stereocenters. The standard InChI is InChI=1S/C26H35N3O2/c1-3-20-4-7-23(8-5-20)29-15-13-28(14-16-29)12-10-25-24-9-6-21(19-26(30)27-2)18-22(24)11-17-31-25/h4-9,18,25H,3,10-17,19H2,1-2H3,(H,27,30)/t25-/m0/s1. The number of nitrogens with one attached hydrogen (secondary N) is 1. The minimum atomic E-state index is 0.0593. The lowest BCUT2D eigenvalue weighted by atomic mass is 9.93. The molecule has 2 aromatic rings. The van der Waals surface area contributed by atoms with Gasteiger partial charge >= 0.3 is 0 Å². The number of ether oxygens (including phenoxy) is 1. The van der Waals surface area contributed by atoms with Crippen LogP contribution in [0.1, 0.15) is 41.7 Å². The van der Waals surface area contributed by atoms with Crippen molar-refractivity contribution < 1.29 is 9.53 Å². The van der Waals surface area contributed by atoms with Gasteiger partial charge in [0, 0.05) is 45.5 Å². The molecule has 0 aromatic heterocycles. The molecular weight excluding hydrogens is 386 g/mol. The molecule has 2 aromatic carbocycles. The van der Waals surface area contributed by atoms with Gasteiger partial charge in [0.1, 0.15) is 0 Å². The summed E-state index contributed by atoms with van der Waals surface area (Å²) < 4.78 is 6.13. The van der Waals surface area contributed by atoms with Gasteiger partial charge in [-0.25, -0.2) is 0 Å². The van der Waals surface area contributed by atoms with Crippen molar-refractivity contribution in [3.63, 3.8) is 0 Å². The van der Waals surface area contributed by atoms with Crippen LogP contribution in [0, 0.1) is 0 Å². The van der Waals surface area contributed by atoms with Crippen LogP contribution in [0.4, 0.5) is 5.69 Å². The van der Waals surface area contributed by atoms with E-state index < -0.39 is 0 Å². The third-order valence-corrected chi connectivity index (χ3v) is 6.68. The largest absolute Gasteiger partial charge is 0.373 e. The molecule has 1 atom stereocenters. The lowest BCUT2D eigenvalue weighted by Crippen LogP contribution is -2.46.